The Bertz CT molecular complexity index is 936. The van der Waals surface area contributed by atoms with E-state index in [4.69, 9.17) is 0 Å². The van der Waals surface area contributed by atoms with Crippen molar-refractivity contribution in [3.63, 3.8) is 0 Å². The lowest BCUT2D eigenvalue weighted by molar-refractivity contribution is 0.0947. The maximum absolute atomic E-state index is 12.7. The predicted octanol–water partition coefficient (Wildman–Crippen LogP) is 3.19. The molecule has 0 unspecified atom stereocenters. The van der Waals surface area contributed by atoms with E-state index in [1.165, 1.54) is 0 Å². The van der Waals surface area contributed by atoms with Crippen LogP contribution in [0.25, 0.3) is 10.8 Å². The summed E-state index contributed by atoms with van der Waals surface area (Å²) >= 11 is 0. The Labute approximate surface area is 158 Å². The Morgan fingerprint density at radius 3 is 2.52 bits per heavy atom. The van der Waals surface area contributed by atoms with Crippen LogP contribution in [-0.2, 0) is 6.54 Å². The summed E-state index contributed by atoms with van der Waals surface area (Å²) in [6.07, 6.45) is 5.74. The van der Waals surface area contributed by atoms with E-state index in [0.717, 1.165) is 54.0 Å². The number of fused-ring (bicyclic) bond motifs is 1. The van der Waals surface area contributed by atoms with Crippen LogP contribution in [0.2, 0.25) is 0 Å². The lowest BCUT2D eigenvalue weighted by Crippen LogP contribution is -2.34. The molecule has 1 N–H and O–H groups in total. The average molecular weight is 361 g/mol. The highest BCUT2D eigenvalue weighted by Gasteiger charge is 2.22. The van der Waals surface area contributed by atoms with Gasteiger partial charge in [0.25, 0.3) is 5.91 Å². The second-order valence-electron chi connectivity index (χ2n) is 7.13. The monoisotopic (exact) mass is 361 g/mol. The van der Waals surface area contributed by atoms with Gasteiger partial charge in [0.1, 0.15) is 0 Å². The van der Waals surface area contributed by atoms with Crippen molar-refractivity contribution < 1.29 is 4.79 Å². The number of carbonyl (C=O) groups excluding carboxylic acids is 1. The average Bonchev–Trinajstić information content (AvgIpc) is 2.73. The zero-order valence-corrected chi connectivity index (χ0v) is 15.4. The van der Waals surface area contributed by atoms with E-state index < -0.39 is 0 Å². The molecule has 6 nitrogen and oxygen atoms in total. The summed E-state index contributed by atoms with van der Waals surface area (Å²) in [6.45, 7) is 4.68. The van der Waals surface area contributed by atoms with Gasteiger partial charge < -0.3 is 10.2 Å². The van der Waals surface area contributed by atoms with Crippen LogP contribution in [-0.4, -0.2) is 34.2 Å². The van der Waals surface area contributed by atoms with Crippen molar-refractivity contribution in [1.82, 2.24) is 20.5 Å². The second-order valence-corrected chi connectivity index (χ2v) is 7.13. The Morgan fingerprint density at radius 2 is 1.78 bits per heavy atom. The van der Waals surface area contributed by atoms with Crippen LogP contribution in [0.3, 0.4) is 0 Å². The molecule has 1 amide bonds. The fourth-order valence-electron chi connectivity index (χ4n) is 3.48. The number of nitrogens with one attached hydrogen (secondary N) is 1. The molecule has 0 atom stereocenters. The first-order valence-electron chi connectivity index (χ1n) is 9.40. The van der Waals surface area contributed by atoms with E-state index in [2.05, 4.69) is 32.3 Å². The van der Waals surface area contributed by atoms with Crippen molar-refractivity contribution in [1.29, 1.82) is 0 Å². The Kier molecular flexibility index (Phi) is 4.96. The molecule has 0 bridgehead atoms. The fourth-order valence-corrected chi connectivity index (χ4v) is 3.48. The van der Waals surface area contributed by atoms with Crippen LogP contribution in [0.4, 0.5) is 5.82 Å². The van der Waals surface area contributed by atoms with Crippen molar-refractivity contribution in [2.45, 2.75) is 26.3 Å². The standard InChI is InChI=1S/C21H23N5O/c1-15-8-12-26(13-9-15)20-18-5-3-2-4-17(18)19(24-25-20)21(27)23-14-16-6-10-22-11-7-16/h2-7,10-11,15H,8-9,12-14H2,1H3,(H,23,27). The number of aromatic nitrogens is 3. The number of hydrogen-bond donors (Lipinski definition) is 1. The van der Waals surface area contributed by atoms with Crippen molar-refractivity contribution in [3.05, 3.63) is 60.0 Å². The first kappa shape index (κ1) is 17.4. The lowest BCUT2D eigenvalue weighted by Gasteiger charge is -2.31. The highest BCUT2D eigenvalue weighted by atomic mass is 16.1. The second kappa shape index (κ2) is 7.70. The summed E-state index contributed by atoms with van der Waals surface area (Å²) in [6, 6.07) is 11.7. The minimum Gasteiger partial charge on any atom is -0.355 e. The molecule has 6 heteroatoms. The van der Waals surface area contributed by atoms with Gasteiger partial charge in [-0.2, -0.15) is 0 Å². The molecule has 0 aliphatic carbocycles. The quantitative estimate of drug-likeness (QED) is 0.773. The van der Waals surface area contributed by atoms with E-state index in [0.29, 0.717) is 12.2 Å². The minimum absolute atomic E-state index is 0.214. The maximum Gasteiger partial charge on any atom is 0.272 e. The van der Waals surface area contributed by atoms with Gasteiger partial charge in [-0.05, 0) is 36.5 Å². The van der Waals surface area contributed by atoms with E-state index in [9.17, 15) is 4.79 Å². The van der Waals surface area contributed by atoms with Crippen LogP contribution < -0.4 is 10.2 Å². The van der Waals surface area contributed by atoms with Crippen molar-refractivity contribution in [2.24, 2.45) is 5.92 Å². The molecule has 1 aliphatic rings. The van der Waals surface area contributed by atoms with Gasteiger partial charge >= 0.3 is 0 Å². The van der Waals surface area contributed by atoms with Crippen LogP contribution in [0, 0.1) is 5.92 Å². The molecule has 3 aromatic rings. The SMILES string of the molecule is CC1CCN(c2nnc(C(=O)NCc3ccncc3)c3ccccc23)CC1. The molecule has 0 radical (unpaired) electrons. The van der Waals surface area contributed by atoms with Gasteiger partial charge in [-0.15, -0.1) is 10.2 Å². The van der Waals surface area contributed by atoms with E-state index in [1.54, 1.807) is 12.4 Å². The number of amides is 1. The van der Waals surface area contributed by atoms with E-state index >= 15 is 0 Å². The minimum atomic E-state index is -0.214. The summed E-state index contributed by atoms with van der Waals surface area (Å²) in [5, 5.41) is 13.5. The van der Waals surface area contributed by atoms with E-state index in [1.807, 2.05) is 36.4 Å². The number of benzene rings is 1. The van der Waals surface area contributed by atoms with Gasteiger partial charge in [0.15, 0.2) is 11.5 Å². The smallest absolute Gasteiger partial charge is 0.272 e. The summed E-state index contributed by atoms with van der Waals surface area (Å²) in [4.78, 5) is 19.0. The molecular weight excluding hydrogens is 338 g/mol. The lowest BCUT2D eigenvalue weighted by atomic mass is 9.99. The molecule has 3 heterocycles. The van der Waals surface area contributed by atoms with Gasteiger partial charge in [-0.25, -0.2) is 0 Å². The molecule has 1 aromatic carbocycles. The van der Waals surface area contributed by atoms with Crippen molar-refractivity contribution in [2.75, 3.05) is 18.0 Å². The topological polar surface area (TPSA) is 71.0 Å². The maximum atomic E-state index is 12.7. The van der Waals surface area contributed by atoms with Gasteiger partial charge in [0, 0.05) is 42.8 Å². The van der Waals surface area contributed by atoms with Crippen LogP contribution >= 0.6 is 0 Å². The molecule has 1 saturated heterocycles. The highest BCUT2D eigenvalue weighted by molar-refractivity contribution is 6.07. The van der Waals surface area contributed by atoms with Crippen molar-refractivity contribution >= 4 is 22.5 Å². The molecule has 0 spiro atoms. The Hall–Kier alpha value is -3.02. The predicted molar refractivity (Wildman–Crippen MR) is 106 cm³/mol. The van der Waals surface area contributed by atoms with Gasteiger partial charge in [0.05, 0.1) is 0 Å². The number of piperidine rings is 1. The summed E-state index contributed by atoms with van der Waals surface area (Å²) in [7, 11) is 0. The first-order valence-corrected chi connectivity index (χ1v) is 9.40. The zero-order chi connectivity index (χ0) is 18.6. The number of hydrogen-bond acceptors (Lipinski definition) is 5. The van der Waals surface area contributed by atoms with Gasteiger partial charge in [-0.3, -0.25) is 9.78 Å². The van der Waals surface area contributed by atoms with Crippen molar-refractivity contribution in [3.8, 4) is 0 Å². The Morgan fingerprint density at radius 1 is 1.07 bits per heavy atom. The third kappa shape index (κ3) is 3.74. The highest BCUT2D eigenvalue weighted by Crippen LogP contribution is 2.29. The first-order chi connectivity index (χ1) is 13.2. The number of pyridine rings is 1. The molecule has 27 heavy (non-hydrogen) atoms. The molecule has 1 fully saturated rings. The number of carbonyl (C=O) groups is 1. The number of nitrogens with zero attached hydrogens (tertiary/aromatic N) is 4. The Balaban J connectivity index is 1.60. The summed E-state index contributed by atoms with van der Waals surface area (Å²) < 4.78 is 0. The number of anilines is 1. The third-order valence-electron chi connectivity index (χ3n) is 5.17. The molecule has 1 aliphatic heterocycles. The summed E-state index contributed by atoms with van der Waals surface area (Å²) in [5.41, 5.74) is 1.36. The largest absolute Gasteiger partial charge is 0.355 e. The summed E-state index contributed by atoms with van der Waals surface area (Å²) in [5.74, 6) is 1.41. The normalized spacial score (nSPS) is 15.1. The van der Waals surface area contributed by atoms with Crippen LogP contribution in [0.5, 0.6) is 0 Å². The molecule has 2 aromatic heterocycles. The molecular formula is C21H23N5O. The molecule has 4 rings (SSSR count). The number of rotatable bonds is 4. The van der Waals surface area contributed by atoms with Gasteiger partial charge in [-0.1, -0.05) is 31.2 Å². The zero-order valence-electron chi connectivity index (χ0n) is 15.4. The van der Waals surface area contributed by atoms with Gasteiger partial charge in [0.2, 0.25) is 0 Å². The fraction of sp³-hybridized carbons (Fsp3) is 0.333. The third-order valence-corrected chi connectivity index (χ3v) is 5.17. The van der Waals surface area contributed by atoms with E-state index in [-0.39, 0.29) is 5.91 Å². The molecule has 0 saturated carbocycles. The van der Waals surface area contributed by atoms with Crippen LogP contribution in [0.15, 0.2) is 48.8 Å². The van der Waals surface area contributed by atoms with Crippen LogP contribution in [0.1, 0.15) is 35.8 Å². The molecule has 138 valence electrons.